The number of hydrogen-bond acceptors (Lipinski definition) is 9. The van der Waals surface area contributed by atoms with Gasteiger partial charge in [0.2, 0.25) is 6.79 Å². The van der Waals surface area contributed by atoms with Crippen molar-refractivity contribution in [1.82, 2.24) is 10.3 Å². The van der Waals surface area contributed by atoms with Gasteiger partial charge in [-0.15, -0.1) is 0 Å². The molecule has 1 aliphatic heterocycles. The van der Waals surface area contributed by atoms with Gasteiger partial charge in [-0.3, -0.25) is 9.59 Å². The van der Waals surface area contributed by atoms with Crippen molar-refractivity contribution in [2.24, 2.45) is 5.92 Å². The summed E-state index contributed by atoms with van der Waals surface area (Å²) >= 11 is 0. The molecule has 190 valence electrons. The van der Waals surface area contributed by atoms with E-state index in [1.54, 1.807) is 0 Å². The van der Waals surface area contributed by atoms with Gasteiger partial charge in [0, 0.05) is 25.8 Å². The number of carbonyl (C=O) groups is 3. The van der Waals surface area contributed by atoms with Crippen LogP contribution in [-0.4, -0.2) is 62.1 Å². The number of aromatic nitrogens is 1. The van der Waals surface area contributed by atoms with Gasteiger partial charge in [0.25, 0.3) is 5.91 Å². The zero-order valence-corrected chi connectivity index (χ0v) is 20.3. The minimum absolute atomic E-state index is 0.0201. The van der Waals surface area contributed by atoms with E-state index in [0.29, 0.717) is 13.0 Å². The Labute approximate surface area is 204 Å². The molecule has 0 saturated carbocycles. The lowest BCUT2D eigenvalue weighted by Crippen LogP contribution is -2.45. The molecular formula is C25H32N2O8. The number of allylic oxidation sites excluding steroid dienone is 4. The predicted octanol–water partition coefficient (Wildman–Crippen LogP) is 2.72. The number of carbonyl (C=O) groups excluding carboxylic acids is 3. The highest BCUT2D eigenvalue weighted by Gasteiger charge is 2.30. The molecular weight excluding hydrogens is 456 g/mol. The third-order valence-electron chi connectivity index (χ3n) is 5.58. The molecule has 1 N–H and O–H groups in total. The topological polar surface area (TPSA) is 122 Å². The van der Waals surface area contributed by atoms with E-state index >= 15 is 0 Å². The Balaban J connectivity index is 1.68. The highest BCUT2D eigenvalue weighted by molar-refractivity contribution is 5.98. The molecule has 0 aromatic carbocycles. The van der Waals surface area contributed by atoms with Crippen molar-refractivity contribution in [3.8, 4) is 11.5 Å². The van der Waals surface area contributed by atoms with E-state index in [1.807, 2.05) is 6.92 Å². The van der Waals surface area contributed by atoms with Gasteiger partial charge in [0.1, 0.15) is 0 Å². The van der Waals surface area contributed by atoms with Crippen LogP contribution >= 0.6 is 0 Å². The van der Waals surface area contributed by atoms with Crippen molar-refractivity contribution in [1.29, 1.82) is 0 Å². The maximum absolute atomic E-state index is 13.0. The van der Waals surface area contributed by atoms with E-state index in [1.165, 1.54) is 31.9 Å². The molecule has 0 radical (unpaired) electrons. The van der Waals surface area contributed by atoms with Crippen LogP contribution in [0.4, 0.5) is 0 Å². The fourth-order valence-corrected chi connectivity index (χ4v) is 3.97. The van der Waals surface area contributed by atoms with Gasteiger partial charge in [-0.1, -0.05) is 23.8 Å². The van der Waals surface area contributed by atoms with E-state index in [2.05, 4.69) is 28.5 Å². The first-order chi connectivity index (χ1) is 16.9. The number of nitrogens with zero attached hydrogens (tertiary/aromatic N) is 1. The molecule has 1 amide bonds. The van der Waals surface area contributed by atoms with Crippen LogP contribution < -0.4 is 14.8 Å². The molecule has 1 saturated heterocycles. The molecule has 2 unspecified atom stereocenters. The third-order valence-corrected chi connectivity index (χ3v) is 5.58. The summed E-state index contributed by atoms with van der Waals surface area (Å²) in [5.41, 5.74) is 1.13. The minimum Gasteiger partial charge on any atom is -0.493 e. The highest BCUT2D eigenvalue weighted by atomic mass is 16.7. The van der Waals surface area contributed by atoms with Crippen molar-refractivity contribution in [2.75, 3.05) is 27.1 Å². The summed E-state index contributed by atoms with van der Waals surface area (Å²) in [6.45, 7) is 3.03. The third kappa shape index (κ3) is 7.81. The standard InChI is InChI=1S/C25H32N2O8/c1-16-11-19(12-18-7-5-4-6-8-18)13-32-14-20(25(30)35-16)27-24(29)22-23(34-15-33-17(2)28)21(31-3)9-10-26-22/h5,7-10,16,19-20H,4,6,11-15H2,1-3H3,(H,27,29)/t16?,19?,20-/m0/s1. The molecule has 35 heavy (non-hydrogen) atoms. The Morgan fingerprint density at radius 1 is 1.26 bits per heavy atom. The number of pyridine rings is 1. The number of ether oxygens (including phenoxy) is 5. The highest BCUT2D eigenvalue weighted by Crippen LogP contribution is 2.30. The van der Waals surface area contributed by atoms with Crippen molar-refractivity contribution >= 4 is 17.8 Å². The van der Waals surface area contributed by atoms with Crippen LogP contribution in [-0.2, 0) is 23.8 Å². The Morgan fingerprint density at radius 2 is 2.09 bits per heavy atom. The summed E-state index contributed by atoms with van der Waals surface area (Å²) < 4.78 is 26.9. The number of cyclic esters (lactones) is 1. The lowest BCUT2D eigenvalue weighted by atomic mass is 9.92. The molecule has 1 aliphatic carbocycles. The SMILES string of the molecule is COc1ccnc(C(=O)N[C@H]2COCC(CC3=CCCC=C3)CC(C)OC2=O)c1OCOC(C)=O. The summed E-state index contributed by atoms with van der Waals surface area (Å²) in [5, 5.41) is 2.62. The number of amides is 1. The van der Waals surface area contributed by atoms with Crippen molar-refractivity contribution in [2.45, 2.75) is 51.7 Å². The normalized spacial score (nSPS) is 22.5. The molecule has 10 nitrogen and oxygen atoms in total. The lowest BCUT2D eigenvalue weighted by molar-refractivity contribution is -0.151. The first kappa shape index (κ1) is 26.2. The molecule has 1 aromatic rings. The molecule has 2 aliphatic rings. The molecule has 0 bridgehead atoms. The number of methoxy groups -OCH3 is 1. The van der Waals surface area contributed by atoms with Crippen LogP contribution in [0.1, 0.15) is 50.0 Å². The van der Waals surface area contributed by atoms with Crippen molar-refractivity contribution < 1.29 is 38.1 Å². The number of esters is 2. The number of hydrogen-bond donors (Lipinski definition) is 1. The molecule has 0 spiro atoms. The van der Waals surface area contributed by atoms with Gasteiger partial charge < -0.3 is 29.0 Å². The average Bonchev–Trinajstić information content (AvgIpc) is 2.88. The molecule has 2 heterocycles. The van der Waals surface area contributed by atoms with Crippen molar-refractivity contribution in [3.05, 3.63) is 41.8 Å². The van der Waals surface area contributed by atoms with Crippen LogP contribution in [0.25, 0.3) is 0 Å². The molecule has 1 fully saturated rings. The van der Waals surface area contributed by atoms with E-state index < -0.39 is 30.7 Å². The van der Waals surface area contributed by atoms with E-state index in [4.69, 9.17) is 23.7 Å². The van der Waals surface area contributed by atoms with Gasteiger partial charge in [0.15, 0.2) is 23.2 Å². The Morgan fingerprint density at radius 3 is 2.80 bits per heavy atom. The Bertz CT molecular complexity index is 974. The first-order valence-electron chi connectivity index (χ1n) is 11.6. The van der Waals surface area contributed by atoms with Crippen molar-refractivity contribution in [3.63, 3.8) is 0 Å². The van der Waals surface area contributed by atoms with Crippen LogP contribution in [0, 0.1) is 5.92 Å². The quantitative estimate of drug-likeness (QED) is 0.435. The van der Waals surface area contributed by atoms with Crippen LogP contribution in [0.15, 0.2) is 36.1 Å². The van der Waals surface area contributed by atoms with Gasteiger partial charge in [-0.25, -0.2) is 9.78 Å². The second-order valence-corrected chi connectivity index (χ2v) is 8.46. The second-order valence-electron chi connectivity index (χ2n) is 8.46. The number of rotatable bonds is 8. The fraction of sp³-hybridized carbons (Fsp3) is 0.520. The summed E-state index contributed by atoms with van der Waals surface area (Å²) in [6, 6.07) is 0.461. The lowest BCUT2D eigenvalue weighted by Gasteiger charge is -2.20. The van der Waals surface area contributed by atoms with E-state index in [0.717, 1.165) is 19.3 Å². The van der Waals surface area contributed by atoms with Gasteiger partial charge in [0.05, 0.1) is 19.8 Å². The first-order valence-corrected chi connectivity index (χ1v) is 11.6. The summed E-state index contributed by atoms with van der Waals surface area (Å²) in [7, 11) is 1.40. The number of nitrogens with one attached hydrogen (secondary N) is 1. The predicted molar refractivity (Wildman–Crippen MR) is 125 cm³/mol. The zero-order chi connectivity index (χ0) is 25.2. The summed E-state index contributed by atoms with van der Waals surface area (Å²) in [5.74, 6) is -1.45. The molecule has 1 aromatic heterocycles. The van der Waals surface area contributed by atoms with E-state index in [-0.39, 0.29) is 35.8 Å². The van der Waals surface area contributed by atoms with Crippen LogP contribution in [0.3, 0.4) is 0 Å². The molecule has 10 heteroatoms. The van der Waals surface area contributed by atoms with Gasteiger partial charge in [-0.2, -0.15) is 0 Å². The largest absolute Gasteiger partial charge is 0.493 e. The smallest absolute Gasteiger partial charge is 0.331 e. The Hall–Kier alpha value is -3.40. The monoisotopic (exact) mass is 488 g/mol. The zero-order valence-electron chi connectivity index (χ0n) is 20.3. The Kier molecular flexibility index (Phi) is 9.66. The van der Waals surface area contributed by atoms with Gasteiger partial charge >= 0.3 is 11.9 Å². The molecule has 3 atom stereocenters. The maximum atomic E-state index is 13.0. The fourth-order valence-electron chi connectivity index (χ4n) is 3.97. The average molecular weight is 489 g/mol. The maximum Gasteiger partial charge on any atom is 0.331 e. The minimum atomic E-state index is -1.04. The molecule has 3 rings (SSSR count). The summed E-state index contributed by atoms with van der Waals surface area (Å²) in [4.78, 5) is 40.9. The summed E-state index contributed by atoms with van der Waals surface area (Å²) in [6.07, 6.45) is 11.1. The van der Waals surface area contributed by atoms with Crippen LogP contribution in [0.2, 0.25) is 0 Å². The second kappa shape index (κ2) is 12.9. The van der Waals surface area contributed by atoms with E-state index in [9.17, 15) is 14.4 Å². The van der Waals surface area contributed by atoms with Crippen LogP contribution in [0.5, 0.6) is 11.5 Å². The van der Waals surface area contributed by atoms with Gasteiger partial charge in [-0.05, 0) is 38.5 Å².